The Balaban J connectivity index is 2.43. The van der Waals surface area contributed by atoms with Crippen molar-refractivity contribution in [2.24, 2.45) is 0 Å². The SMILES string of the molecule is O=C(O)Cc1cc(Cl)cnc1-c1cccc(OC(F)(F)F)c1. The first-order valence-electron chi connectivity index (χ1n) is 5.97. The fourth-order valence-corrected chi connectivity index (χ4v) is 2.06. The van der Waals surface area contributed by atoms with Crippen LogP contribution < -0.4 is 4.74 Å². The molecule has 0 aliphatic heterocycles. The van der Waals surface area contributed by atoms with E-state index in [2.05, 4.69) is 9.72 Å². The van der Waals surface area contributed by atoms with Gasteiger partial charge in [0.05, 0.1) is 17.1 Å². The minimum atomic E-state index is -4.81. The predicted molar refractivity (Wildman–Crippen MR) is 72.7 cm³/mol. The van der Waals surface area contributed by atoms with Gasteiger partial charge < -0.3 is 9.84 Å². The third-order valence-electron chi connectivity index (χ3n) is 2.62. The molecule has 0 saturated heterocycles. The Hall–Kier alpha value is -2.28. The lowest BCUT2D eigenvalue weighted by atomic mass is 10.0. The van der Waals surface area contributed by atoms with Crippen LogP contribution in [0.2, 0.25) is 5.02 Å². The van der Waals surface area contributed by atoms with Crippen molar-refractivity contribution in [3.8, 4) is 17.0 Å². The quantitative estimate of drug-likeness (QED) is 0.922. The Bertz CT molecular complexity index is 704. The zero-order valence-electron chi connectivity index (χ0n) is 10.9. The fourth-order valence-electron chi connectivity index (χ4n) is 1.88. The number of ether oxygens (including phenoxy) is 1. The largest absolute Gasteiger partial charge is 0.573 e. The van der Waals surface area contributed by atoms with E-state index in [-0.39, 0.29) is 17.1 Å². The summed E-state index contributed by atoms with van der Waals surface area (Å²) in [4.78, 5) is 14.9. The average Bonchev–Trinajstić information content (AvgIpc) is 2.36. The lowest BCUT2D eigenvalue weighted by Gasteiger charge is -2.11. The van der Waals surface area contributed by atoms with Crippen molar-refractivity contribution in [2.75, 3.05) is 0 Å². The maximum Gasteiger partial charge on any atom is 0.573 e. The summed E-state index contributed by atoms with van der Waals surface area (Å²) in [6, 6.07) is 6.55. The third kappa shape index (κ3) is 4.36. The molecule has 116 valence electrons. The summed E-state index contributed by atoms with van der Waals surface area (Å²) in [6.07, 6.45) is -3.87. The van der Waals surface area contributed by atoms with Gasteiger partial charge in [-0.3, -0.25) is 9.78 Å². The summed E-state index contributed by atoms with van der Waals surface area (Å²) >= 11 is 5.78. The number of halogens is 4. The van der Waals surface area contributed by atoms with Crippen LogP contribution in [-0.4, -0.2) is 22.4 Å². The molecule has 0 spiro atoms. The Morgan fingerprint density at radius 3 is 2.68 bits per heavy atom. The van der Waals surface area contributed by atoms with Crippen LogP contribution in [-0.2, 0) is 11.2 Å². The standard InChI is InChI=1S/C14H9ClF3NO3/c15-10-4-9(6-12(20)21)13(19-7-10)8-2-1-3-11(5-8)22-14(16,17)18/h1-5,7H,6H2,(H,20,21). The van der Waals surface area contributed by atoms with Gasteiger partial charge in [-0.2, -0.15) is 0 Å². The van der Waals surface area contributed by atoms with Crippen LogP contribution in [0.5, 0.6) is 5.75 Å². The topological polar surface area (TPSA) is 59.4 Å². The van der Waals surface area contributed by atoms with E-state index in [0.29, 0.717) is 11.1 Å². The molecule has 22 heavy (non-hydrogen) atoms. The lowest BCUT2D eigenvalue weighted by Crippen LogP contribution is -2.17. The van der Waals surface area contributed by atoms with E-state index in [0.717, 1.165) is 12.1 Å². The molecule has 0 unspecified atom stereocenters. The zero-order chi connectivity index (χ0) is 16.3. The van der Waals surface area contributed by atoms with Crippen molar-refractivity contribution in [3.05, 3.63) is 47.1 Å². The number of carbonyl (C=O) groups is 1. The first-order chi connectivity index (χ1) is 10.2. The van der Waals surface area contributed by atoms with E-state index in [9.17, 15) is 18.0 Å². The summed E-state index contributed by atoms with van der Waals surface area (Å²) in [7, 11) is 0. The first-order valence-corrected chi connectivity index (χ1v) is 6.35. The number of aliphatic carboxylic acids is 1. The van der Waals surface area contributed by atoms with E-state index in [4.69, 9.17) is 16.7 Å². The lowest BCUT2D eigenvalue weighted by molar-refractivity contribution is -0.274. The molecular formula is C14H9ClF3NO3. The molecule has 0 aliphatic rings. The van der Waals surface area contributed by atoms with Gasteiger partial charge in [0.2, 0.25) is 0 Å². The number of nitrogens with zero attached hydrogens (tertiary/aromatic N) is 1. The molecular weight excluding hydrogens is 323 g/mol. The highest BCUT2D eigenvalue weighted by atomic mass is 35.5. The molecule has 0 aliphatic carbocycles. The number of aromatic nitrogens is 1. The number of hydrogen-bond acceptors (Lipinski definition) is 3. The fraction of sp³-hybridized carbons (Fsp3) is 0.143. The van der Waals surface area contributed by atoms with Gasteiger partial charge in [-0.15, -0.1) is 13.2 Å². The van der Waals surface area contributed by atoms with E-state index in [1.807, 2.05) is 0 Å². The van der Waals surface area contributed by atoms with Gasteiger partial charge in [0, 0.05) is 11.8 Å². The molecule has 2 aromatic rings. The van der Waals surface area contributed by atoms with Crippen molar-refractivity contribution in [1.82, 2.24) is 4.98 Å². The number of alkyl halides is 3. The van der Waals surface area contributed by atoms with Gasteiger partial charge in [0.25, 0.3) is 0 Å². The highest BCUT2D eigenvalue weighted by molar-refractivity contribution is 6.30. The van der Waals surface area contributed by atoms with Gasteiger partial charge in [0.1, 0.15) is 5.75 Å². The van der Waals surface area contributed by atoms with Gasteiger partial charge in [-0.25, -0.2) is 0 Å². The molecule has 0 fully saturated rings. The molecule has 0 atom stereocenters. The maximum atomic E-state index is 12.2. The van der Waals surface area contributed by atoms with Crippen molar-refractivity contribution >= 4 is 17.6 Å². The summed E-state index contributed by atoms with van der Waals surface area (Å²) in [5.41, 5.74) is 0.832. The highest BCUT2D eigenvalue weighted by Crippen LogP contribution is 2.29. The second kappa shape index (κ2) is 6.23. The minimum Gasteiger partial charge on any atom is -0.481 e. The number of carboxylic acids is 1. The predicted octanol–water partition coefficient (Wildman–Crippen LogP) is 3.93. The minimum absolute atomic E-state index is 0.236. The van der Waals surface area contributed by atoms with E-state index in [1.54, 1.807) is 0 Å². The molecule has 0 saturated carbocycles. The van der Waals surface area contributed by atoms with Gasteiger partial charge in [0.15, 0.2) is 0 Å². The summed E-state index contributed by atoms with van der Waals surface area (Å²) in [6.45, 7) is 0. The van der Waals surface area contributed by atoms with Crippen LogP contribution in [0.25, 0.3) is 11.3 Å². The molecule has 1 aromatic heterocycles. The third-order valence-corrected chi connectivity index (χ3v) is 2.82. The Labute approximate surface area is 128 Å². The summed E-state index contributed by atoms with van der Waals surface area (Å²) in [5.74, 6) is -1.52. The van der Waals surface area contributed by atoms with Crippen LogP contribution in [0.3, 0.4) is 0 Å². The van der Waals surface area contributed by atoms with Crippen molar-refractivity contribution in [3.63, 3.8) is 0 Å². The highest BCUT2D eigenvalue weighted by Gasteiger charge is 2.31. The number of rotatable bonds is 4. The summed E-state index contributed by atoms with van der Waals surface area (Å²) in [5, 5.41) is 9.13. The number of hydrogen-bond donors (Lipinski definition) is 1. The van der Waals surface area contributed by atoms with Crippen LogP contribution >= 0.6 is 11.6 Å². The Morgan fingerprint density at radius 2 is 2.05 bits per heavy atom. The molecule has 1 heterocycles. The smallest absolute Gasteiger partial charge is 0.481 e. The van der Waals surface area contributed by atoms with Crippen molar-refractivity contribution in [1.29, 1.82) is 0 Å². The van der Waals surface area contributed by atoms with E-state index < -0.39 is 18.1 Å². The van der Waals surface area contributed by atoms with Crippen LogP contribution in [0.15, 0.2) is 36.5 Å². The van der Waals surface area contributed by atoms with E-state index >= 15 is 0 Å². The second-order valence-electron chi connectivity index (χ2n) is 4.31. The van der Waals surface area contributed by atoms with Crippen LogP contribution in [0, 0.1) is 0 Å². The number of carboxylic acid groups (broad SMARTS) is 1. The Kier molecular flexibility index (Phi) is 4.56. The molecule has 8 heteroatoms. The average molecular weight is 332 g/mol. The van der Waals surface area contributed by atoms with Gasteiger partial charge in [-0.1, -0.05) is 23.7 Å². The summed E-state index contributed by atoms with van der Waals surface area (Å²) < 4.78 is 40.6. The molecule has 0 radical (unpaired) electrons. The normalized spacial score (nSPS) is 11.3. The molecule has 0 amide bonds. The molecule has 1 N–H and O–H groups in total. The van der Waals surface area contributed by atoms with E-state index in [1.165, 1.54) is 24.4 Å². The van der Waals surface area contributed by atoms with Crippen molar-refractivity contribution < 1.29 is 27.8 Å². The maximum absolute atomic E-state index is 12.2. The molecule has 4 nitrogen and oxygen atoms in total. The van der Waals surface area contributed by atoms with Crippen LogP contribution in [0.1, 0.15) is 5.56 Å². The monoisotopic (exact) mass is 331 g/mol. The number of pyridine rings is 1. The van der Waals surface area contributed by atoms with Crippen molar-refractivity contribution in [2.45, 2.75) is 12.8 Å². The Morgan fingerprint density at radius 1 is 1.32 bits per heavy atom. The molecule has 2 rings (SSSR count). The molecule has 0 bridgehead atoms. The number of benzene rings is 1. The first kappa shape index (κ1) is 16.1. The van der Waals surface area contributed by atoms with Gasteiger partial charge in [-0.05, 0) is 23.8 Å². The molecule has 1 aromatic carbocycles. The van der Waals surface area contributed by atoms with Crippen LogP contribution in [0.4, 0.5) is 13.2 Å². The second-order valence-corrected chi connectivity index (χ2v) is 4.74. The van der Waals surface area contributed by atoms with Gasteiger partial charge >= 0.3 is 12.3 Å². The zero-order valence-corrected chi connectivity index (χ0v) is 11.6.